The maximum atomic E-state index is 12.3. The van der Waals surface area contributed by atoms with E-state index in [4.69, 9.17) is 4.74 Å². The third-order valence-corrected chi connectivity index (χ3v) is 3.58. The fourth-order valence-electron chi connectivity index (χ4n) is 2.34. The Balaban J connectivity index is 2.21. The zero-order valence-electron chi connectivity index (χ0n) is 13.4. The molecule has 0 bridgehead atoms. The minimum Gasteiger partial charge on any atom is -0.369 e. The molecule has 0 unspecified atom stereocenters. The van der Waals surface area contributed by atoms with E-state index in [1.54, 1.807) is 29.8 Å². The monoisotopic (exact) mass is 314 g/mol. The molecule has 0 aliphatic carbocycles. The van der Waals surface area contributed by atoms with E-state index in [0.717, 1.165) is 5.56 Å². The Morgan fingerprint density at radius 2 is 1.87 bits per heavy atom. The van der Waals surface area contributed by atoms with E-state index >= 15 is 0 Å². The second-order valence-electron chi connectivity index (χ2n) is 5.26. The van der Waals surface area contributed by atoms with Gasteiger partial charge in [0.2, 0.25) is 5.91 Å². The third-order valence-electron chi connectivity index (χ3n) is 3.58. The molecule has 122 valence electrons. The van der Waals surface area contributed by atoms with E-state index < -0.39 is 6.10 Å². The first kappa shape index (κ1) is 17.0. The van der Waals surface area contributed by atoms with Crippen molar-refractivity contribution in [3.8, 4) is 0 Å². The SMILES string of the molecule is CCO[C@H](C)C(=O)N[C@H](Cn1ccccc1=O)c1ccccc1. The van der Waals surface area contributed by atoms with Gasteiger partial charge in [0.1, 0.15) is 6.10 Å². The standard InChI is InChI=1S/C18H22N2O3/c1-3-23-14(2)18(22)19-16(15-9-5-4-6-10-15)13-20-12-8-7-11-17(20)21/h4-12,14,16H,3,13H2,1-2H3,(H,19,22)/t14-,16-/m1/s1. The van der Waals surface area contributed by atoms with Crippen molar-refractivity contribution >= 4 is 5.91 Å². The number of hydrogen-bond donors (Lipinski definition) is 1. The van der Waals surface area contributed by atoms with Crippen molar-refractivity contribution in [1.82, 2.24) is 9.88 Å². The summed E-state index contributed by atoms with van der Waals surface area (Å²) in [5.41, 5.74) is 0.848. The highest BCUT2D eigenvalue weighted by Gasteiger charge is 2.19. The first-order valence-corrected chi connectivity index (χ1v) is 7.74. The fourth-order valence-corrected chi connectivity index (χ4v) is 2.34. The van der Waals surface area contributed by atoms with Crippen LogP contribution in [-0.2, 0) is 16.1 Å². The summed E-state index contributed by atoms with van der Waals surface area (Å²) in [5, 5.41) is 2.97. The first-order valence-electron chi connectivity index (χ1n) is 7.74. The minimum absolute atomic E-state index is 0.0967. The number of nitrogens with one attached hydrogen (secondary N) is 1. The van der Waals surface area contributed by atoms with Gasteiger partial charge in [-0.15, -0.1) is 0 Å². The Morgan fingerprint density at radius 1 is 1.17 bits per heavy atom. The van der Waals surface area contributed by atoms with Gasteiger partial charge < -0.3 is 14.6 Å². The number of rotatable bonds is 7. The number of carbonyl (C=O) groups excluding carboxylic acids is 1. The number of ether oxygens (including phenoxy) is 1. The number of pyridine rings is 1. The number of hydrogen-bond acceptors (Lipinski definition) is 3. The average molecular weight is 314 g/mol. The summed E-state index contributed by atoms with van der Waals surface area (Å²) < 4.78 is 6.92. The van der Waals surface area contributed by atoms with Gasteiger partial charge >= 0.3 is 0 Å². The maximum absolute atomic E-state index is 12.3. The van der Waals surface area contributed by atoms with Crippen molar-refractivity contribution in [2.45, 2.75) is 32.5 Å². The smallest absolute Gasteiger partial charge is 0.250 e. The van der Waals surface area contributed by atoms with Crippen molar-refractivity contribution in [1.29, 1.82) is 0 Å². The molecule has 0 saturated heterocycles. The topological polar surface area (TPSA) is 60.3 Å². The molecular formula is C18H22N2O3. The maximum Gasteiger partial charge on any atom is 0.250 e. The zero-order chi connectivity index (χ0) is 16.7. The van der Waals surface area contributed by atoms with E-state index in [9.17, 15) is 9.59 Å². The van der Waals surface area contributed by atoms with Crippen LogP contribution in [0.5, 0.6) is 0 Å². The molecule has 5 heteroatoms. The molecule has 1 N–H and O–H groups in total. The van der Waals surface area contributed by atoms with Crippen LogP contribution in [0.3, 0.4) is 0 Å². The Kier molecular flexibility index (Phi) is 6.11. The summed E-state index contributed by atoms with van der Waals surface area (Å²) in [6.45, 7) is 4.41. The van der Waals surface area contributed by atoms with Crippen molar-refractivity contribution in [2.24, 2.45) is 0 Å². The van der Waals surface area contributed by atoms with E-state index in [2.05, 4.69) is 5.32 Å². The fraction of sp³-hybridized carbons (Fsp3) is 0.333. The molecule has 1 amide bonds. The minimum atomic E-state index is -0.529. The van der Waals surface area contributed by atoms with Crippen LogP contribution >= 0.6 is 0 Å². The van der Waals surface area contributed by atoms with Crippen LogP contribution < -0.4 is 10.9 Å². The Hall–Kier alpha value is -2.40. The highest BCUT2D eigenvalue weighted by Crippen LogP contribution is 2.15. The van der Waals surface area contributed by atoms with Crippen LogP contribution in [0, 0.1) is 0 Å². The van der Waals surface area contributed by atoms with Crippen molar-refractivity contribution in [3.63, 3.8) is 0 Å². The van der Waals surface area contributed by atoms with Crippen LogP contribution in [0.2, 0.25) is 0 Å². The quantitative estimate of drug-likeness (QED) is 0.851. The molecule has 2 atom stereocenters. The van der Waals surface area contributed by atoms with Crippen molar-refractivity contribution < 1.29 is 9.53 Å². The molecule has 1 heterocycles. The van der Waals surface area contributed by atoms with E-state index in [0.29, 0.717) is 13.2 Å². The Morgan fingerprint density at radius 3 is 2.52 bits per heavy atom. The van der Waals surface area contributed by atoms with Gasteiger partial charge in [0.15, 0.2) is 0 Å². The molecule has 0 saturated carbocycles. The van der Waals surface area contributed by atoms with Crippen LogP contribution in [-0.4, -0.2) is 23.2 Å². The lowest BCUT2D eigenvalue weighted by Crippen LogP contribution is -2.39. The molecule has 0 aliphatic rings. The summed E-state index contributed by atoms with van der Waals surface area (Å²) in [5.74, 6) is -0.190. The molecule has 1 aromatic heterocycles. The molecule has 1 aromatic carbocycles. The highest BCUT2D eigenvalue weighted by atomic mass is 16.5. The van der Waals surface area contributed by atoms with Crippen LogP contribution in [0.25, 0.3) is 0 Å². The second kappa shape index (κ2) is 8.29. The summed E-state index contributed by atoms with van der Waals surface area (Å²) in [4.78, 5) is 24.2. The van der Waals surface area contributed by atoms with Gasteiger partial charge in [-0.25, -0.2) is 0 Å². The van der Waals surface area contributed by atoms with Gasteiger partial charge in [-0.05, 0) is 25.5 Å². The van der Waals surface area contributed by atoms with Crippen LogP contribution in [0.1, 0.15) is 25.5 Å². The predicted octanol–water partition coefficient (Wildman–Crippen LogP) is 2.13. The second-order valence-corrected chi connectivity index (χ2v) is 5.26. The van der Waals surface area contributed by atoms with Gasteiger partial charge in [0, 0.05) is 18.9 Å². The molecule has 23 heavy (non-hydrogen) atoms. The first-order chi connectivity index (χ1) is 11.1. The Labute approximate surface area is 135 Å². The van der Waals surface area contributed by atoms with Crippen molar-refractivity contribution in [3.05, 3.63) is 70.6 Å². The summed E-state index contributed by atoms with van der Waals surface area (Å²) in [6, 6.07) is 14.3. The highest BCUT2D eigenvalue weighted by molar-refractivity contribution is 5.80. The van der Waals surface area contributed by atoms with E-state index in [-0.39, 0.29) is 17.5 Å². The lowest BCUT2D eigenvalue weighted by atomic mass is 10.1. The largest absolute Gasteiger partial charge is 0.369 e. The number of nitrogens with zero attached hydrogens (tertiary/aromatic N) is 1. The summed E-state index contributed by atoms with van der Waals surface area (Å²) in [6.07, 6.45) is 1.19. The van der Waals surface area contributed by atoms with Crippen LogP contribution in [0.4, 0.5) is 0 Å². The normalized spacial score (nSPS) is 13.3. The molecular weight excluding hydrogens is 292 g/mol. The van der Waals surface area contributed by atoms with Gasteiger partial charge in [-0.1, -0.05) is 36.4 Å². The average Bonchev–Trinajstić information content (AvgIpc) is 2.57. The molecule has 0 spiro atoms. The molecule has 5 nitrogen and oxygen atoms in total. The van der Waals surface area contributed by atoms with Crippen LogP contribution in [0.15, 0.2) is 59.5 Å². The molecule has 0 radical (unpaired) electrons. The lowest BCUT2D eigenvalue weighted by Gasteiger charge is -2.22. The molecule has 2 aromatic rings. The molecule has 0 fully saturated rings. The number of amides is 1. The number of benzene rings is 1. The molecule has 2 rings (SSSR count). The van der Waals surface area contributed by atoms with Gasteiger partial charge in [0.25, 0.3) is 5.56 Å². The summed E-state index contributed by atoms with van der Waals surface area (Å²) >= 11 is 0. The molecule has 0 aliphatic heterocycles. The number of carbonyl (C=O) groups is 1. The van der Waals surface area contributed by atoms with Gasteiger partial charge in [0.05, 0.1) is 12.6 Å². The van der Waals surface area contributed by atoms with Gasteiger partial charge in [-0.2, -0.15) is 0 Å². The Bertz CT molecular complexity index is 682. The van der Waals surface area contributed by atoms with Gasteiger partial charge in [-0.3, -0.25) is 9.59 Å². The number of aromatic nitrogens is 1. The third kappa shape index (κ3) is 4.79. The van der Waals surface area contributed by atoms with E-state index in [1.807, 2.05) is 37.3 Å². The lowest BCUT2D eigenvalue weighted by molar-refractivity contribution is -0.132. The predicted molar refractivity (Wildman–Crippen MR) is 89.1 cm³/mol. The van der Waals surface area contributed by atoms with Crippen molar-refractivity contribution in [2.75, 3.05) is 6.61 Å². The summed E-state index contributed by atoms with van der Waals surface area (Å²) in [7, 11) is 0. The zero-order valence-corrected chi connectivity index (χ0v) is 13.4. The van der Waals surface area contributed by atoms with E-state index in [1.165, 1.54) is 6.07 Å².